The summed E-state index contributed by atoms with van der Waals surface area (Å²) in [5.74, 6) is 0.865. The van der Waals surface area contributed by atoms with Crippen LogP contribution >= 0.6 is 11.8 Å². The van der Waals surface area contributed by atoms with Gasteiger partial charge in [-0.25, -0.2) is 4.79 Å². The molecule has 0 saturated carbocycles. The predicted octanol–water partition coefficient (Wildman–Crippen LogP) is 1.88. The van der Waals surface area contributed by atoms with Crippen molar-refractivity contribution in [2.24, 2.45) is 5.73 Å². The molecule has 0 aliphatic heterocycles. The van der Waals surface area contributed by atoms with Gasteiger partial charge < -0.3 is 15.8 Å². The van der Waals surface area contributed by atoms with Gasteiger partial charge in [0.1, 0.15) is 0 Å². The van der Waals surface area contributed by atoms with Crippen molar-refractivity contribution in [2.45, 2.75) is 13.3 Å². The number of benzene rings is 1. The average molecular weight is 296 g/mol. The molecule has 110 valence electrons. The van der Waals surface area contributed by atoms with Crippen LogP contribution in [-0.2, 0) is 9.53 Å². The minimum Gasteiger partial charge on any atom is -0.462 e. The van der Waals surface area contributed by atoms with Gasteiger partial charge >= 0.3 is 5.97 Å². The minimum absolute atomic E-state index is 0.0593. The Kier molecular flexibility index (Phi) is 7.75. The molecule has 0 saturated heterocycles. The van der Waals surface area contributed by atoms with E-state index < -0.39 is 0 Å². The normalized spacial score (nSPS) is 10.1. The predicted molar refractivity (Wildman–Crippen MR) is 82.0 cm³/mol. The fraction of sp³-hybridized carbons (Fsp3) is 0.429. The second kappa shape index (κ2) is 9.39. The summed E-state index contributed by atoms with van der Waals surface area (Å²) >= 11 is 1.55. The fourth-order valence-corrected chi connectivity index (χ4v) is 2.22. The molecule has 3 N–H and O–H groups in total. The van der Waals surface area contributed by atoms with E-state index in [0.717, 1.165) is 12.2 Å². The number of carbonyl (C=O) groups is 2. The topological polar surface area (TPSA) is 81.4 Å². The van der Waals surface area contributed by atoms with E-state index in [1.807, 2.05) is 0 Å². The van der Waals surface area contributed by atoms with Gasteiger partial charge in [0, 0.05) is 5.69 Å². The molecule has 0 aromatic heterocycles. The number of amides is 1. The maximum Gasteiger partial charge on any atom is 0.338 e. The van der Waals surface area contributed by atoms with Gasteiger partial charge in [-0.1, -0.05) is 0 Å². The number of hydrogen-bond donors (Lipinski definition) is 2. The summed E-state index contributed by atoms with van der Waals surface area (Å²) in [6, 6.07) is 6.65. The molecule has 0 aliphatic rings. The summed E-state index contributed by atoms with van der Waals surface area (Å²) in [5, 5.41) is 2.77. The summed E-state index contributed by atoms with van der Waals surface area (Å²) in [5.41, 5.74) is 6.52. The van der Waals surface area contributed by atoms with Gasteiger partial charge in [0.25, 0.3) is 0 Å². The number of ether oxygens (including phenoxy) is 1. The molecule has 0 atom stereocenters. The zero-order valence-electron chi connectivity index (χ0n) is 11.6. The Morgan fingerprint density at radius 3 is 2.60 bits per heavy atom. The Bertz CT molecular complexity index is 435. The molecular weight excluding hydrogens is 276 g/mol. The lowest BCUT2D eigenvalue weighted by Crippen LogP contribution is -2.15. The van der Waals surface area contributed by atoms with Gasteiger partial charge in [0.05, 0.1) is 17.9 Å². The quantitative estimate of drug-likeness (QED) is 0.565. The van der Waals surface area contributed by atoms with E-state index in [9.17, 15) is 9.59 Å². The summed E-state index contributed by atoms with van der Waals surface area (Å²) in [7, 11) is 0. The van der Waals surface area contributed by atoms with Crippen LogP contribution in [0.15, 0.2) is 24.3 Å². The first-order valence-corrected chi connectivity index (χ1v) is 7.67. The van der Waals surface area contributed by atoms with E-state index in [-0.39, 0.29) is 11.9 Å². The molecule has 6 heteroatoms. The first-order chi connectivity index (χ1) is 9.67. The van der Waals surface area contributed by atoms with E-state index in [1.165, 1.54) is 0 Å². The summed E-state index contributed by atoms with van der Waals surface area (Å²) in [6.45, 7) is 2.75. The molecule has 0 radical (unpaired) electrons. The maximum absolute atomic E-state index is 11.6. The summed E-state index contributed by atoms with van der Waals surface area (Å²) in [4.78, 5) is 23.1. The Morgan fingerprint density at radius 1 is 1.30 bits per heavy atom. The lowest BCUT2D eigenvalue weighted by molar-refractivity contribution is -0.113. The highest BCUT2D eigenvalue weighted by Crippen LogP contribution is 2.11. The van der Waals surface area contributed by atoms with Crippen LogP contribution in [0, 0.1) is 0 Å². The lowest BCUT2D eigenvalue weighted by Gasteiger charge is -2.06. The molecule has 1 rings (SSSR count). The van der Waals surface area contributed by atoms with E-state index in [0.29, 0.717) is 30.2 Å². The number of esters is 1. The van der Waals surface area contributed by atoms with Crippen molar-refractivity contribution in [1.82, 2.24) is 0 Å². The van der Waals surface area contributed by atoms with Crippen molar-refractivity contribution in [3.63, 3.8) is 0 Å². The third kappa shape index (κ3) is 6.08. The Balaban J connectivity index is 2.41. The monoisotopic (exact) mass is 296 g/mol. The molecule has 1 aromatic carbocycles. The molecule has 0 fully saturated rings. The number of thioether (sulfide) groups is 1. The van der Waals surface area contributed by atoms with E-state index in [1.54, 1.807) is 43.0 Å². The molecule has 0 aliphatic carbocycles. The van der Waals surface area contributed by atoms with Gasteiger partial charge in [0.15, 0.2) is 0 Å². The fourth-order valence-electron chi connectivity index (χ4n) is 1.45. The molecule has 1 aromatic rings. The highest BCUT2D eigenvalue weighted by Gasteiger charge is 2.07. The highest BCUT2D eigenvalue weighted by molar-refractivity contribution is 7.99. The molecule has 0 bridgehead atoms. The van der Waals surface area contributed by atoms with Gasteiger partial charge in [0.2, 0.25) is 5.91 Å². The van der Waals surface area contributed by atoms with E-state index in [2.05, 4.69) is 5.32 Å². The minimum atomic E-state index is -0.359. The van der Waals surface area contributed by atoms with Gasteiger partial charge in [-0.05, 0) is 49.9 Å². The first-order valence-electron chi connectivity index (χ1n) is 6.52. The van der Waals surface area contributed by atoms with Crippen molar-refractivity contribution in [3.05, 3.63) is 29.8 Å². The smallest absolute Gasteiger partial charge is 0.338 e. The molecular formula is C14H20N2O3S. The van der Waals surface area contributed by atoms with Crippen LogP contribution in [0.1, 0.15) is 23.7 Å². The number of anilines is 1. The van der Waals surface area contributed by atoms with Gasteiger partial charge in [-0.3, -0.25) is 4.79 Å². The van der Waals surface area contributed by atoms with Crippen LogP contribution in [0.5, 0.6) is 0 Å². The van der Waals surface area contributed by atoms with Crippen LogP contribution in [0.2, 0.25) is 0 Å². The van der Waals surface area contributed by atoms with Crippen LogP contribution in [0.3, 0.4) is 0 Å². The molecule has 5 nitrogen and oxygen atoms in total. The average Bonchev–Trinajstić information content (AvgIpc) is 2.45. The second-order valence-electron chi connectivity index (χ2n) is 4.04. The third-order valence-electron chi connectivity index (χ3n) is 2.41. The van der Waals surface area contributed by atoms with Crippen LogP contribution in [0.4, 0.5) is 5.69 Å². The van der Waals surface area contributed by atoms with Crippen molar-refractivity contribution in [3.8, 4) is 0 Å². The van der Waals surface area contributed by atoms with Crippen molar-refractivity contribution < 1.29 is 14.3 Å². The SMILES string of the molecule is CCOC(=O)c1ccc(NC(=O)CSCCCN)cc1. The molecule has 1 amide bonds. The van der Waals surface area contributed by atoms with Crippen LogP contribution in [0.25, 0.3) is 0 Å². The Hall–Kier alpha value is -1.53. The number of hydrogen-bond acceptors (Lipinski definition) is 5. The third-order valence-corrected chi connectivity index (χ3v) is 3.45. The lowest BCUT2D eigenvalue weighted by atomic mass is 10.2. The number of nitrogens with one attached hydrogen (secondary N) is 1. The van der Waals surface area contributed by atoms with Crippen molar-refractivity contribution in [1.29, 1.82) is 0 Å². The Labute approximate surface area is 123 Å². The van der Waals surface area contributed by atoms with Gasteiger partial charge in [-0.15, -0.1) is 0 Å². The van der Waals surface area contributed by atoms with E-state index in [4.69, 9.17) is 10.5 Å². The molecule has 0 heterocycles. The number of rotatable bonds is 8. The Morgan fingerprint density at radius 2 is 2.00 bits per heavy atom. The zero-order valence-corrected chi connectivity index (χ0v) is 12.4. The van der Waals surface area contributed by atoms with Crippen molar-refractivity contribution >= 4 is 29.3 Å². The number of nitrogens with two attached hydrogens (primary N) is 1. The first kappa shape index (κ1) is 16.5. The molecule has 0 spiro atoms. The summed E-state index contributed by atoms with van der Waals surface area (Å²) in [6.07, 6.45) is 0.909. The zero-order chi connectivity index (χ0) is 14.8. The maximum atomic E-state index is 11.6. The standard InChI is InChI=1S/C14H20N2O3S/c1-2-19-14(18)11-4-6-12(7-5-11)16-13(17)10-20-9-3-8-15/h4-7H,2-3,8-10,15H2,1H3,(H,16,17). The molecule has 0 unspecified atom stereocenters. The van der Waals surface area contributed by atoms with Gasteiger partial charge in [-0.2, -0.15) is 11.8 Å². The highest BCUT2D eigenvalue weighted by atomic mass is 32.2. The van der Waals surface area contributed by atoms with Crippen LogP contribution in [-0.4, -0.2) is 36.5 Å². The number of carbonyl (C=O) groups excluding carboxylic acids is 2. The van der Waals surface area contributed by atoms with Crippen molar-refractivity contribution in [2.75, 3.05) is 30.0 Å². The molecule has 20 heavy (non-hydrogen) atoms. The van der Waals surface area contributed by atoms with E-state index >= 15 is 0 Å². The van der Waals surface area contributed by atoms with Crippen LogP contribution < -0.4 is 11.1 Å². The largest absolute Gasteiger partial charge is 0.462 e. The second-order valence-corrected chi connectivity index (χ2v) is 5.15. The summed E-state index contributed by atoms with van der Waals surface area (Å²) < 4.78 is 4.89.